The van der Waals surface area contributed by atoms with E-state index in [1.54, 1.807) is 6.20 Å². The highest BCUT2D eigenvalue weighted by Crippen LogP contribution is 2.08. The summed E-state index contributed by atoms with van der Waals surface area (Å²) in [4.78, 5) is 4.27. The highest BCUT2D eigenvalue weighted by atomic mass is 14.9. The summed E-state index contributed by atoms with van der Waals surface area (Å²) in [5.41, 5.74) is 4.56. The third-order valence-corrected chi connectivity index (χ3v) is 3.29. The van der Waals surface area contributed by atoms with Gasteiger partial charge in [-0.15, -0.1) is 0 Å². The van der Waals surface area contributed by atoms with Crippen LogP contribution >= 0.6 is 0 Å². The van der Waals surface area contributed by atoms with Gasteiger partial charge in [0.1, 0.15) is 0 Å². The minimum Gasteiger partial charge on any atom is -0.383 e. The van der Waals surface area contributed by atoms with Crippen LogP contribution in [0, 0.1) is 0 Å². The Balaban J connectivity index is 1.79. The van der Waals surface area contributed by atoms with E-state index in [4.69, 9.17) is 0 Å². The number of nitrogens with zero attached hydrogens (tertiary/aromatic N) is 1. The zero-order valence-electron chi connectivity index (χ0n) is 12.1. The summed E-state index contributed by atoms with van der Waals surface area (Å²) in [5.74, 6) is 0. The van der Waals surface area contributed by atoms with Gasteiger partial charge in [0, 0.05) is 12.7 Å². The molecule has 0 aliphatic carbocycles. The minimum atomic E-state index is 0.878. The molecule has 0 spiro atoms. The molecule has 0 amide bonds. The number of aromatic nitrogens is 1. The van der Waals surface area contributed by atoms with Crippen LogP contribution in [0.2, 0.25) is 0 Å². The second-order valence-electron chi connectivity index (χ2n) is 4.94. The van der Waals surface area contributed by atoms with Crippen molar-refractivity contribution in [1.82, 2.24) is 10.3 Å². The third-order valence-electron chi connectivity index (χ3n) is 3.29. The van der Waals surface area contributed by atoms with E-state index in [0.717, 1.165) is 30.8 Å². The number of pyridine rings is 1. The zero-order valence-corrected chi connectivity index (χ0v) is 12.1. The zero-order chi connectivity index (χ0) is 14.2. The van der Waals surface area contributed by atoms with E-state index in [-0.39, 0.29) is 0 Å². The van der Waals surface area contributed by atoms with E-state index < -0.39 is 0 Å². The van der Waals surface area contributed by atoms with Gasteiger partial charge in [0.15, 0.2) is 0 Å². The van der Waals surface area contributed by atoms with Gasteiger partial charge in [-0.05, 0) is 36.1 Å². The molecule has 104 valence electrons. The quantitative estimate of drug-likeness (QED) is 0.823. The van der Waals surface area contributed by atoms with Gasteiger partial charge in [-0.1, -0.05) is 50.3 Å². The standard InChI is InChI=1S/C18H22N2/c1-3-6-16-8-10-17(11-9-16)12-14-19-15(2)18-7-4-5-13-20-18/h4-5,7-11,13,19H,2-3,6,12,14H2,1H3. The molecule has 2 heteroatoms. The molecule has 1 aromatic heterocycles. The molecule has 0 unspecified atom stereocenters. The molecule has 1 heterocycles. The number of hydrogen-bond donors (Lipinski definition) is 1. The fourth-order valence-electron chi connectivity index (χ4n) is 2.15. The third kappa shape index (κ3) is 4.23. The lowest BCUT2D eigenvalue weighted by Crippen LogP contribution is -2.15. The Bertz CT molecular complexity index is 529. The van der Waals surface area contributed by atoms with Crippen molar-refractivity contribution in [2.75, 3.05) is 6.54 Å². The van der Waals surface area contributed by atoms with E-state index in [1.807, 2.05) is 18.2 Å². The number of hydrogen-bond acceptors (Lipinski definition) is 2. The minimum absolute atomic E-state index is 0.878. The fourth-order valence-corrected chi connectivity index (χ4v) is 2.15. The molecule has 0 fully saturated rings. The first kappa shape index (κ1) is 14.3. The predicted octanol–water partition coefficient (Wildman–Crippen LogP) is 3.84. The Hall–Kier alpha value is -2.09. The Morgan fingerprint density at radius 3 is 2.35 bits per heavy atom. The molecule has 1 aromatic carbocycles. The number of rotatable bonds is 7. The monoisotopic (exact) mass is 266 g/mol. The molecule has 2 nitrogen and oxygen atoms in total. The number of nitrogens with one attached hydrogen (secondary N) is 1. The lowest BCUT2D eigenvalue weighted by atomic mass is 10.1. The average Bonchev–Trinajstić information content (AvgIpc) is 2.50. The van der Waals surface area contributed by atoms with Crippen LogP contribution in [0.5, 0.6) is 0 Å². The Labute approximate surface area is 121 Å². The number of aryl methyl sites for hydroxylation is 1. The fraction of sp³-hybridized carbons (Fsp3) is 0.278. The van der Waals surface area contributed by atoms with Crippen LogP contribution in [0.15, 0.2) is 55.2 Å². The molecular formula is C18H22N2. The largest absolute Gasteiger partial charge is 0.383 e. The molecule has 2 aromatic rings. The van der Waals surface area contributed by atoms with Crippen LogP contribution in [0.25, 0.3) is 5.70 Å². The van der Waals surface area contributed by atoms with Crippen LogP contribution in [0.3, 0.4) is 0 Å². The first-order valence-electron chi connectivity index (χ1n) is 7.21. The van der Waals surface area contributed by atoms with Gasteiger partial charge < -0.3 is 5.32 Å². The van der Waals surface area contributed by atoms with Gasteiger partial charge in [0.25, 0.3) is 0 Å². The maximum absolute atomic E-state index is 4.27. The van der Waals surface area contributed by atoms with E-state index in [9.17, 15) is 0 Å². The maximum Gasteiger partial charge on any atom is 0.0854 e. The van der Waals surface area contributed by atoms with Crippen LogP contribution < -0.4 is 5.32 Å². The van der Waals surface area contributed by atoms with Crippen molar-refractivity contribution in [2.24, 2.45) is 0 Å². The van der Waals surface area contributed by atoms with Crippen LogP contribution in [-0.2, 0) is 12.8 Å². The lowest BCUT2D eigenvalue weighted by molar-refractivity contribution is 0.843. The van der Waals surface area contributed by atoms with E-state index in [0.29, 0.717) is 0 Å². The highest BCUT2D eigenvalue weighted by Gasteiger charge is 1.99. The topological polar surface area (TPSA) is 24.9 Å². The molecule has 1 N–H and O–H groups in total. The molecule has 0 atom stereocenters. The molecule has 0 bridgehead atoms. The smallest absolute Gasteiger partial charge is 0.0854 e. The second-order valence-corrected chi connectivity index (χ2v) is 4.94. The van der Waals surface area contributed by atoms with Gasteiger partial charge >= 0.3 is 0 Å². The summed E-state index contributed by atoms with van der Waals surface area (Å²) >= 11 is 0. The van der Waals surface area contributed by atoms with Gasteiger partial charge in [-0.25, -0.2) is 0 Å². The molecule has 0 saturated heterocycles. The van der Waals surface area contributed by atoms with Crippen molar-refractivity contribution in [3.05, 3.63) is 72.1 Å². The van der Waals surface area contributed by atoms with Crippen molar-refractivity contribution >= 4 is 5.70 Å². The first-order valence-corrected chi connectivity index (χ1v) is 7.21. The summed E-state index contributed by atoms with van der Waals surface area (Å²) in [6, 6.07) is 14.7. The van der Waals surface area contributed by atoms with Crippen molar-refractivity contribution in [3.63, 3.8) is 0 Å². The molecule has 0 saturated carbocycles. The summed E-state index contributed by atoms with van der Waals surface area (Å²) in [6.45, 7) is 7.11. The predicted molar refractivity (Wildman–Crippen MR) is 85.4 cm³/mol. The summed E-state index contributed by atoms with van der Waals surface area (Å²) in [6.07, 6.45) is 5.15. The SMILES string of the molecule is C=C(NCCc1ccc(CCC)cc1)c1ccccn1. The van der Waals surface area contributed by atoms with Crippen LogP contribution in [0.1, 0.15) is 30.2 Å². The highest BCUT2D eigenvalue weighted by molar-refractivity contribution is 5.57. The molecule has 2 rings (SSSR count). The Morgan fingerprint density at radius 1 is 1.05 bits per heavy atom. The lowest BCUT2D eigenvalue weighted by Gasteiger charge is -2.09. The Morgan fingerprint density at radius 2 is 1.75 bits per heavy atom. The van der Waals surface area contributed by atoms with Crippen molar-refractivity contribution < 1.29 is 0 Å². The average molecular weight is 266 g/mol. The van der Waals surface area contributed by atoms with Crippen LogP contribution in [-0.4, -0.2) is 11.5 Å². The van der Waals surface area contributed by atoms with Crippen LogP contribution in [0.4, 0.5) is 0 Å². The molecular weight excluding hydrogens is 244 g/mol. The number of benzene rings is 1. The van der Waals surface area contributed by atoms with Gasteiger partial charge in [-0.2, -0.15) is 0 Å². The van der Waals surface area contributed by atoms with Crippen molar-refractivity contribution in [1.29, 1.82) is 0 Å². The van der Waals surface area contributed by atoms with Gasteiger partial charge in [0.2, 0.25) is 0 Å². The summed E-state index contributed by atoms with van der Waals surface area (Å²) in [7, 11) is 0. The normalized spacial score (nSPS) is 10.2. The van der Waals surface area contributed by atoms with E-state index >= 15 is 0 Å². The van der Waals surface area contributed by atoms with Gasteiger partial charge in [0.05, 0.1) is 11.4 Å². The van der Waals surface area contributed by atoms with Crippen molar-refractivity contribution in [3.8, 4) is 0 Å². The summed E-state index contributed by atoms with van der Waals surface area (Å²) in [5, 5.41) is 3.33. The maximum atomic E-state index is 4.27. The second kappa shape index (κ2) is 7.49. The van der Waals surface area contributed by atoms with Crippen molar-refractivity contribution in [2.45, 2.75) is 26.2 Å². The molecule has 20 heavy (non-hydrogen) atoms. The molecule has 0 aliphatic rings. The first-order chi connectivity index (χ1) is 9.79. The molecule has 0 radical (unpaired) electrons. The molecule has 0 aliphatic heterocycles. The van der Waals surface area contributed by atoms with Gasteiger partial charge in [-0.3, -0.25) is 4.98 Å². The Kier molecular flexibility index (Phi) is 5.36. The summed E-state index contributed by atoms with van der Waals surface area (Å²) < 4.78 is 0. The van der Waals surface area contributed by atoms with E-state index in [2.05, 4.69) is 48.1 Å². The van der Waals surface area contributed by atoms with E-state index in [1.165, 1.54) is 17.5 Å².